The van der Waals surface area contributed by atoms with Gasteiger partial charge in [-0.2, -0.15) is 21.0 Å². The van der Waals surface area contributed by atoms with Crippen LogP contribution in [0.15, 0.2) is 24.3 Å². The summed E-state index contributed by atoms with van der Waals surface area (Å²) in [5, 5.41) is 43.9. The van der Waals surface area contributed by atoms with Crippen LogP contribution in [-0.4, -0.2) is 0 Å². The van der Waals surface area contributed by atoms with Crippen LogP contribution >= 0.6 is 22.7 Å². The van der Waals surface area contributed by atoms with E-state index in [-0.39, 0.29) is 11.1 Å². The molecular weight excluding hydrogens is 745 g/mol. The summed E-state index contributed by atoms with van der Waals surface area (Å²) in [6, 6.07) is 17.4. The Balaban J connectivity index is 1.44. The molecule has 58 heavy (non-hydrogen) atoms. The third-order valence-corrected chi connectivity index (χ3v) is 14.5. The number of hydrogen-bond acceptors (Lipinski definition) is 6. The smallest absolute Gasteiger partial charge is 0.146 e. The standard InChI is InChI=1S/C52H70N4S2/c1-3-5-7-9-11-13-15-17-19-21-23-25-27-29-31-41-33-47-48(51-45(41)35-49(57-51)43(37-53)38-54)34-42(46-36-50(58-52(46)47)44(39-55)40-56)32-30-28-26-24-22-20-18-16-14-12-10-8-6-4-2/h33-36H,3-32H2,1-2H3. The maximum absolute atomic E-state index is 9.82. The lowest BCUT2D eigenvalue weighted by Crippen LogP contribution is -1.95. The molecule has 0 radical (unpaired) electrons. The normalized spacial score (nSPS) is 11.2. The zero-order valence-electron chi connectivity index (χ0n) is 36.1. The van der Waals surface area contributed by atoms with Crippen molar-refractivity contribution < 1.29 is 0 Å². The molecule has 2 aromatic carbocycles. The van der Waals surface area contributed by atoms with Gasteiger partial charge in [-0.05, 0) is 71.8 Å². The summed E-state index contributed by atoms with van der Waals surface area (Å²) < 4.78 is 3.75. The lowest BCUT2D eigenvalue weighted by atomic mass is 9.94. The highest BCUT2D eigenvalue weighted by Gasteiger charge is 2.17. The number of benzene rings is 2. The summed E-state index contributed by atoms with van der Waals surface area (Å²) in [6.07, 6.45) is 39.1. The molecule has 0 atom stereocenters. The van der Waals surface area contributed by atoms with Gasteiger partial charge in [-0.15, -0.1) is 22.7 Å². The summed E-state index contributed by atoms with van der Waals surface area (Å²) in [7, 11) is 0. The number of hydrogen-bond donors (Lipinski definition) is 0. The fourth-order valence-electron chi connectivity index (χ4n) is 8.64. The minimum absolute atomic E-state index is 0.168. The summed E-state index contributed by atoms with van der Waals surface area (Å²) in [4.78, 5) is 0. The fourth-order valence-corrected chi connectivity index (χ4v) is 11.0. The average Bonchev–Trinajstić information content (AvgIpc) is 3.89. The number of nitriles is 4. The Morgan fingerprint density at radius 3 is 0.879 bits per heavy atom. The topological polar surface area (TPSA) is 95.2 Å². The molecule has 4 nitrogen and oxygen atoms in total. The minimum atomic E-state index is 0.168. The van der Waals surface area contributed by atoms with Crippen LogP contribution in [-0.2, 0) is 12.8 Å². The van der Waals surface area contributed by atoms with Crippen LogP contribution in [0, 0.1) is 45.3 Å². The van der Waals surface area contributed by atoms with Gasteiger partial charge in [0.2, 0.25) is 0 Å². The number of aryl methyl sites for hydroxylation is 2. The predicted molar refractivity (Wildman–Crippen MR) is 251 cm³/mol. The Labute approximate surface area is 359 Å². The van der Waals surface area contributed by atoms with Gasteiger partial charge in [0.05, 0.1) is 9.06 Å². The molecular formula is C52H70N4S2. The van der Waals surface area contributed by atoms with Crippen LogP contribution in [0.3, 0.4) is 0 Å². The van der Waals surface area contributed by atoms with Crippen LogP contribution in [0.25, 0.3) is 42.1 Å². The first-order chi connectivity index (χ1) is 28.6. The van der Waals surface area contributed by atoms with Crippen molar-refractivity contribution in [2.45, 2.75) is 206 Å². The molecule has 0 amide bonds. The van der Waals surface area contributed by atoms with Gasteiger partial charge in [-0.3, -0.25) is 0 Å². The molecule has 0 spiro atoms. The van der Waals surface area contributed by atoms with Crippen molar-refractivity contribution in [1.29, 1.82) is 21.0 Å². The Hall–Kier alpha value is -3.68. The summed E-state index contributed by atoms with van der Waals surface area (Å²) >= 11 is 3.12. The van der Waals surface area contributed by atoms with Crippen molar-refractivity contribution in [2.24, 2.45) is 0 Å². The summed E-state index contributed by atoms with van der Waals surface area (Å²) in [5.74, 6) is 0. The van der Waals surface area contributed by atoms with Gasteiger partial charge in [0.1, 0.15) is 35.4 Å². The van der Waals surface area contributed by atoms with Crippen molar-refractivity contribution in [1.82, 2.24) is 0 Å². The molecule has 0 bridgehead atoms. The molecule has 0 N–H and O–H groups in total. The molecule has 4 rings (SSSR count). The number of fused-ring (bicyclic) bond motifs is 5. The van der Waals surface area contributed by atoms with E-state index in [9.17, 15) is 21.0 Å². The number of nitrogens with zero attached hydrogens (tertiary/aromatic N) is 4. The highest BCUT2D eigenvalue weighted by Crippen LogP contribution is 2.39. The molecule has 6 heteroatoms. The van der Waals surface area contributed by atoms with E-state index in [0.717, 1.165) is 65.7 Å². The number of unbranched alkanes of at least 4 members (excludes halogenated alkanes) is 26. The maximum atomic E-state index is 9.82. The Morgan fingerprint density at radius 1 is 0.362 bits per heavy atom. The van der Waals surface area contributed by atoms with Gasteiger partial charge < -0.3 is 0 Å². The number of rotatable bonds is 30. The van der Waals surface area contributed by atoms with Crippen molar-refractivity contribution in [3.8, 4) is 24.3 Å². The average molecular weight is 815 g/mol. The van der Waals surface area contributed by atoms with E-state index in [0.29, 0.717) is 0 Å². The van der Waals surface area contributed by atoms with Crippen LogP contribution < -0.4 is 9.06 Å². The summed E-state index contributed by atoms with van der Waals surface area (Å²) in [6.45, 7) is 4.56. The Bertz CT molecular complexity index is 1960. The lowest BCUT2D eigenvalue weighted by Gasteiger charge is -2.12. The quantitative estimate of drug-likeness (QED) is 0.0490. The Kier molecular flexibility index (Phi) is 22.6. The van der Waals surface area contributed by atoms with Gasteiger partial charge >= 0.3 is 0 Å². The van der Waals surface area contributed by atoms with Crippen LogP contribution in [0.2, 0.25) is 0 Å². The fraction of sp³-hybridized carbons (Fsp3) is 0.615. The van der Waals surface area contributed by atoms with Crippen LogP contribution in [0.1, 0.15) is 205 Å². The third kappa shape index (κ3) is 14.9. The molecule has 0 aliphatic rings. The molecule has 2 heterocycles. The van der Waals surface area contributed by atoms with Crippen molar-refractivity contribution in [2.75, 3.05) is 0 Å². The van der Waals surface area contributed by atoms with Gasteiger partial charge in [0, 0.05) is 20.2 Å². The zero-order chi connectivity index (χ0) is 41.2. The van der Waals surface area contributed by atoms with Gasteiger partial charge in [0.15, 0.2) is 0 Å². The van der Waals surface area contributed by atoms with E-state index >= 15 is 0 Å². The second kappa shape index (κ2) is 27.9. The largest absolute Gasteiger partial charge is 0.192 e. The SMILES string of the molecule is CCCCCCCCCCCCCCCCc1cc2c(cc(CCCCCCCCCCCCCCCC)c3cc(=C(C#N)C#N)sc32)c2sc(=C(C#N)C#N)cc12. The molecule has 310 valence electrons. The monoisotopic (exact) mass is 815 g/mol. The molecule has 0 saturated heterocycles. The Morgan fingerprint density at radius 2 is 0.621 bits per heavy atom. The van der Waals surface area contributed by atoms with Crippen LogP contribution in [0.5, 0.6) is 0 Å². The molecule has 2 aromatic heterocycles. The first-order valence-electron chi connectivity index (χ1n) is 23.4. The maximum Gasteiger partial charge on any atom is 0.146 e. The molecule has 0 aliphatic heterocycles. The van der Waals surface area contributed by atoms with E-state index in [1.54, 1.807) is 22.7 Å². The van der Waals surface area contributed by atoms with Crippen molar-refractivity contribution >= 4 is 64.8 Å². The van der Waals surface area contributed by atoms with E-state index in [2.05, 4.69) is 62.4 Å². The molecule has 0 unspecified atom stereocenters. The number of thiophene rings is 2. The molecule has 4 aromatic rings. The highest BCUT2D eigenvalue weighted by molar-refractivity contribution is 7.19. The van der Waals surface area contributed by atoms with Crippen LogP contribution in [0.4, 0.5) is 0 Å². The third-order valence-electron chi connectivity index (χ3n) is 12.1. The first-order valence-corrected chi connectivity index (χ1v) is 25.0. The lowest BCUT2D eigenvalue weighted by molar-refractivity contribution is 0.535. The predicted octanol–water partition coefficient (Wildman–Crippen LogP) is 15.7. The van der Waals surface area contributed by atoms with E-state index in [1.807, 2.05) is 0 Å². The highest BCUT2D eigenvalue weighted by atomic mass is 32.1. The second-order valence-electron chi connectivity index (χ2n) is 16.8. The molecule has 0 aliphatic carbocycles. The van der Waals surface area contributed by atoms with E-state index in [4.69, 9.17) is 0 Å². The van der Waals surface area contributed by atoms with Gasteiger partial charge in [0.25, 0.3) is 0 Å². The van der Waals surface area contributed by atoms with Gasteiger partial charge in [-0.1, -0.05) is 181 Å². The molecule has 0 fully saturated rings. The minimum Gasteiger partial charge on any atom is -0.192 e. The van der Waals surface area contributed by atoms with E-state index < -0.39 is 0 Å². The van der Waals surface area contributed by atoms with E-state index in [1.165, 1.54) is 178 Å². The van der Waals surface area contributed by atoms with Crippen molar-refractivity contribution in [3.05, 3.63) is 44.5 Å². The summed E-state index contributed by atoms with van der Waals surface area (Å²) in [5.41, 5.74) is 2.86. The first kappa shape index (κ1) is 47.0. The second-order valence-corrected chi connectivity index (χ2v) is 18.9. The van der Waals surface area contributed by atoms with Gasteiger partial charge in [-0.25, -0.2) is 0 Å². The molecule has 0 saturated carbocycles. The zero-order valence-corrected chi connectivity index (χ0v) is 37.8. The van der Waals surface area contributed by atoms with Crippen molar-refractivity contribution in [3.63, 3.8) is 0 Å².